The summed E-state index contributed by atoms with van der Waals surface area (Å²) in [5.41, 5.74) is 0.539. The van der Waals surface area contributed by atoms with Crippen LogP contribution in [0.15, 0.2) is 24.3 Å². The highest BCUT2D eigenvalue weighted by atomic mass is 35.5. The number of aromatic nitrogens is 2. The molecule has 4 rings (SSSR count). The number of benzene rings is 1. The minimum atomic E-state index is -0.445. The molecule has 1 saturated heterocycles. The van der Waals surface area contributed by atoms with Crippen LogP contribution in [-0.2, 0) is 4.79 Å². The molecule has 3 amide bonds. The quantitative estimate of drug-likeness (QED) is 0.754. The van der Waals surface area contributed by atoms with Crippen LogP contribution in [0.2, 0.25) is 5.02 Å². The van der Waals surface area contributed by atoms with Crippen molar-refractivity contribution in [3.63, 3.8) is 0 Å². The SMILES string of the molecule is O=C(Nc1cccc(Cl)c1)c1nnc(C(=O)N2CCC(C(=O)NC3CC3)CC2)s1. The average molecular weight is 434 g/mol. The molecule has 0 radical (unpaired) electrons. The van der Waals surface area contributed by atoms with Crippen LogP contribution >= 0.6 is 22.9 Å². The molecule has 0 unspecified atom stereocenters. The fourth-order valence-corrected chi connectivity index (χ4v) is 4.08. The van der Waals surface area contributed by atoms with Crippen LogP contribution in [-0.4, -0.2) is 52.0 Å². The van der Waals surface area contributed by atoms with Gasteiger partial charge in [0.05, 0.1) is 0 Å². The number of likely N-dealkylation sites (tertiary alicyclic amines) is 1. The molecule has 2 N–H and O–H groups in total. The maximum Gasteiger partial charge on any atom is 0.286 e. The van der Waals surface area contributed by atoms with Crippen LogP contribution in [0.25, 0.3) is 0 Å². The molecule has 2 heterocycles. The van der Waals surface area contributed by atoms with Gasteiger partial charge in [0, 0.05) is 35.8 Å². The summed E-state index contributed by atoms with van der Waals surface area (Å²) in [4.78, 5) is 38.8. The summed E-state index contributed by atoms with van der Waals surface area (Å²) in [6, 6.07) is 7.11. The summed E-state index contributed by atoms with van der Waals surface area (Å²) in [5, 5.41) is 14.2. The van der Waals surface area contributed by atoms with Crippen LogP contribution in [0.1, 0.15) is 45.3 Å². The Labute approximate surface area is 176 Å². The molecule has 0 bridgehead atoms. The smallest absolute Gasteiger partial charge is 0.286 e. The first-order valence-electron chi connectivity index (χ1n) is 9.49. The third kappa shape index (κ3) is 4.91. The number of carbonyl (C=O) groups is 3. The summed E-state index contributed by atoms with van der Waals surface area (Å²) >= 11 is 6.86. The Kier molecular flexibility index (Phi) is 5.77. The zero-order valence-corrected chi connectivity index (χ0v) is 17.1. The zero-order valence-electron chi connectivity index (χ0n) is 15.6. The Hall–Kier alpha value is -2.52. The summed E-state index contributed by atoms with van der Waals surface area (Å²) < 4.78 is 0. The van der Waals surface area contributed by atoms with Crippen molar-refractivity contribution in [1.29, 1.82) is 0 Å². The van der Waals surface area contributed by atoms with Gasteiger partial charge in [0.2, 0.25) is 15.9 Å². The molecular formula is C19H20ClN5O3S. The van der Waals surface area contributed by atoms with E-state index in [1.54, 1.807) is 29.2 Å². The van der Waals surface area contributed by atoms with Gasteiger partial charge in [-0.05, 0) is 43.9 Å². The monoisotopic (exact) mass is 433 g/mol. The summed E-state index contributed by atoms with van der Waals surface area (Å²) in [6.45, 7) is 0.983. The highest BCUT2D eigenvalue weighted by Gasteiger charge is 2.32. The van der Waals surface area contributed by atoms with Gasteiger partial charge in [-0.1, -0.05) is 29.0 Å². The largest absolute Gasteiger partial charge is 0.353 e. The summed E-state index contributed by atoms with van der Waals surface area (Å²) in [5.74, 6) is -0.659. The van der Waals surface area contributed by atoms with Crippen molar-refractivity contribution >= 4 is 46.3 Å². The van der Waals surface area contributed by atoms with Gasteiger partial charge in [-0.25, -0.2) is 0 Å². The van der Waals surface area contributed by atoms with E-state index in [-0.39, 0.29) is 27.7 Å². The van der Waals surface area contributed by atoms with Gasteiger partial charge in [0.15, 0.2) is 0 Å². The van der Waals surface area contributed by atoms with Crippen LogP contribution in [0.5, 0.6) is 0 Å². The number of nitrogens with one attached hydrogen (secondary N) is 2. The van der Waals surface area contributed by atoms with Gasteiger partial charge >= 0.3 is 0 Å². The van der Waals surface area contributed by atoms with Crippen molar-refractivity contribution in [2.24, 2.45) is 5.92 Å². The molecule has 0 spiro atoms. The first-order chi connectivity index (χ1) is 14.0. The highest BCUT2D eigenvalue weighted by Crippen LogP contribution is 2.24. The predicted octanol–water partition coefficient (Wildman–Crippen LogP) is 2.57. The number of hydrogen-bond donors (Lipinski definition) is 2. The predicted molar refractivity (Wildman–Crippen MR) is 109 cm³/mol. The lowest BCUT2D eigenvalue weighted by Gasteiger charge is -2.30. The Balaban J connectivity index is 1.32. The molecule has 1 aliphatic carbocycles. The minimum Gasteiger partial charge on any atom is -0.353 e. The number of hydrogen-bond acceptors (Lipinski definition) is 6. The number of piperidine rings is 1. The van der Waals surface area contributed by atoms with E-state index >= 15 is 0 Å². The van der Waals surface area contributed by atoms with E-state index in [9.17, 15) is 14.4 Å². The molecule has 8 nitrogen and oxygen atoms in total. The number of anilines is 1. The van der Waals surface area contributed by atoms with E-state index < -0.39 is 5.91 Å². The average Bonchev–Trinajstić information content (AvgIpc) is 3.39. The topological polar surface area (TPSA) is 104 Å². The molecule has 10 heteroatoms. The Bertz CT molecular complexity index is 937. The van der Waals surface area contributed by atoms with Crippen molar-refractivity contribution in [3.05, 3.63) is 39.3 Å². The lowest BCUT2D eigenvalue weighted by molar-refractivity contribution is -0.126. The van der Waals surface area contributed by atoms with Crippen molar-refractivity contribution in [3.8, 4) is 0 Å². The third-order valence-electron chi connectivity index (χ3n) is 4.96. The molecule has 1 aromatic heterocycles. The fourth-order valence-electron chi connectivity index (χ4n) is 3.18. The van der Waals surface area contributed by atoms with Crippen LogP contribution in [0, 0.1) is 5.92 Å². The third-order valence-corrected chi connectivity index (χ3v) is 6.11. The summed E-state index contributed by atoms with van der Waals surface area (Å²) in [7, 11) is 0. The molecule has 2 fully saturated rings. The highest BCUT2D eigenvalue weighted by molar-refractivity contribution is 7.15. The van der Waals surface area contributed by atoms with Gasteiger partial charge in [-0.3, -0.25) is 14.4 Å². The van der Waals surface area contributed by atoms with Gasteiger partial charge in [0.25, 0.3) is 11.8 Å². The van der Waals surface area contributed by atoms with Gasteiger partial charge in [-0.2, -0.15) is 0 Å². The molecule has 152 valence electrons. The Morgan fingerprint density at radius 3 is 2.48 bits per heavy atom. The molecule has 1 saturated carbocycles. The number of amides is 3. The zero-order chi connectivity index (χ0) is 20.4. The van der Waals surface area contributed by atoms with E-state index in [1.807, 2.05) is 0 Å². The van der Waals surface area contributed by atoms with Gasteiger partial charge < -0.3 is 15.5 Å². The van der Waals surface area contributed by atoms with E-state index in [4.69, 9.17) is 11.6 Å². The molecular weight excluding hydrogens is 414 g/mol. The summed E-state index contributed by atoms with van der Waals surface area (Å²) in [6.07, 6.45) is 3.39. The number of rotatable bonds is 5. The maximum atomic E-state index is 12.7. The molecule has 29 heavy (non-hydrogen) atoms. The van der Waals surface area contributed by atoms with E-state index in [0.29, 0.717) is 42.7 Å². The molecule has 0 atom stereocenters. The van der Waals surface area contributed by atoms with Crippen molar-refractivity contribution in [2.45, 2.75) is 31.7 Å². The molecule has 2 aliphatic rings. The Morgan fingerprint density at radius 1 is 1.07 bits per heavy atom. The van der Waals surface area contributed by atoms with Crippen molar-refractivity contribution in [1.82, 2.24) is 20.4 Å². The van der Waals surface area contributed by atoms with E-state index in [0.717, 1.165) is 24.2 Å². The number of carbonyl (C=O) groups excluding carboxylic acids is 3. The number of nitrogens with zero attached hydrogens (tertiary/aromatic N) is 3. The number of halogens is 1. The van der Waals surface area contributed by atoms with Gasteiger partial charge in [0.1, 0.15) is 0 Å². The lowest BCUT2D eigenvalue weighted by Crippen LogP contribution is -2.43. The first-order valence-corrected chi connectivity index (χ1v) is 10.7. The standard InChI is InChI=1S/C19H20ClN5O3S/c20-12-2-1-3-14(10-12)22-16(27)17-23-24-18(29-17)19(28)25-8-6-11(7-9-25)15(26)21-13-4-5-13/h1-3,10-11,13H,4-9H2,(H,21,26)(H,22,27). The second-order valence-electron chi connectivity index (χ2n) is 7.23. The lowest BCUT2D eigenvalue weighted by atomic mass is 9.96. The van der Waals surface area contributed by atoms with E-state index in [2.05, 4.69) is 20.8 Å². The molecule has 1 aliphatic heterocycles. The van der Waals surface area contributed by atoms with Crippen LogP contribution in [0.4, 0.5) is 5.69 Å². The second kappa shape index (κ2) is 8.46. The normalized spacial score (nSPS) is 17.1. The molecule has 2 aromatic rings. The maximum absolute atomic E-state index is 12.7. The Morgan fingerprint density at radius 2 is 1.79 bits per heavy atom. The van der Waals surface area contributed by atoms with Gasteiger partial charge in [-0.15, -0.1) is 10.2 Å². The first kappa shape index (κ1) is 19.8. The van der Waals surface area contributed by atoms with Crippen LogP contribution in [0.3, 0.4) is 0 Å². The van der Waals surface area contributed by atoms with Crippen molar-refractivity contribution < 1.29 is 14.4 Å². The van der Waals surface area contributed by atoms with Crippen LogP contribution < -0.4 is 10.6 Å². The second-order valence-corrected chi connectivity index (χ2v) is 8.64. The molecule has 1 aromatic carbocycles. The van der Waals surface area contributed by atoms with E-state index in [1.165, 1.54) is 0 Å². The minimum absolute atomic E-state index is 0.0481. The van der Waals surface area contributed by atoms with Crippen molar-refractivity contribution in [2.75, 3.05) is 18.4 Å². The fraction of sp³-hybridized carbons (Fsp3) is 0.421.